The lowest BCUT2D eigenvalue weighted by molar-refractivity contribution is 1.80. The minimum atomic E-state index is 1.50. The van der Waals surface area contributed by atoms with Crippen molar-refractivity contribution in [2.75, 3.05) is 0 Å². The van der Waals surface area contributed by atoms with E-state index in [1.54, 1.807) is 6.08 Å². The molecular weight excluding hydrogens is 120 g/mol. The number of hydrogen-bond acceptors (Lipinski definition) is 0. The average molecular weight is 126 g/mol. The molecule has 0 radical (unpaired) electrons. The highest BCUT2D eigenvalue weighted by atomic mass is 15.0. The Bertz CT molecular complexity index is 91.5. The van der Waals surface area contributed by atoms with Crippen LogP contribution in [0.15, 0.2) is 12.7 Å². The summed E-state index contributed by atoms with van der Waals surface area (Å²) in [5.41, 5.74) is 27.0. The second-order valence-electron chi connectivity index (χ2n) is 0.587. The van der Waals surface area contributed by atoms with E-state index < -0.39 is 0 Å². The van der Waals surface area contributed by atoms with E-state index in [1.165, 1.54) is 9.82 Å². The minimum absolute atomic E-state index is 1.50. The maximum absolute atomic E-state index is 6.75. The minimum Gasteiger partial charge on any atom is -0.373 e. The molecule has 0 saturated heterocycles. The molecule has 0 fully saturated rings. The van der Waals surface area contributed by atoms with E-state index >= 15 is 0 Å². The number of hydrogen-bond donors (Lipinski definition) is 0. The fourth-order valence-electron chi connectivity index (χ4n) is 0. The molecule has 6 nitrogen and oxygen atoms in total. The Kier molecular flexibility index (Phi) is 172. The molecule has 9 heavy (non-hydrogen) atoms. The van der Waals surface area contributed by atoms with E-state index in [2.05, 4.69) is 6.58 Å². The van der Waals surface area contributed by atoms with Crippen LogP contribution in [0.2, 0.25) is 0 Å². The number of rotatable bonds is 0. The lowest BCUT2D eigenvalue weighted by Crippen LogP contribution is -1.07. The first-order valence-electron chi connectivity index (χ1n) is 1.79. The van der Waals surface area contributed by atoms with Crippen molar-refractivity contribution >= 4 is 0 Å². The van der Waals surface area contributed by atoms with Crippen LogP contribution in [0.25, 0.3) is 31.9 Å². The fourth-order valence-corrected chi connectivity index (χ4v) is 0. The molecule has 0 aliphatic carbocycles. The van der Waals surface area contributed by atoms with E-state index in [9.17, 15) is 0 Å². The van der Waals surface area contributed by atoms with Crippen molar-refractivity contribution in [3.05, 3.63) is 44.6 Å². The zero-order chi connectivity index (χ0) is 8.12. The number of nitrogens with zero attached hydrogens (tertiary/aromatic N) is 6. The molecule has 6 heteroatoms. The van der Waals surface area contributed by atoms with Crippen LogP contribution in [-0.4, -0.2) is 0 Å². The van der Waals surface area contributed by atoms with E-state index in [1.807, 2.05) is 6.92 Å². The molecule has 0 rings (SSSR count). The van der Waals surface area contributed by atoms with Crippen molar-refractivity contribution < 1.29 is 0 Å². The van der Waals surface area contributed by atoms with Crippen molar-refractivity contribution in [3.8, 4) is 0 Å². The lowest BCUT2D eigenvalue weighted by Gasteiger charge is -1.32. The van der Waals surface area contributed by atoms with Gasteiger partial charge in [-0.25, -0.2) is 0 Å². The van der Waals surface area contributed by atoms with E-state index in [0.717, 1.165) is 0 Å². The van der Waals surface area contributed by atoms with Crippen LogP contribution in [0, 0.1) is 0 Å². The summed E-state index contributed by atoms with van der Waals surface area (Å²) < 4.78 is 0. The second-order valence-corrected chi connectivity index (χ2v) is 0.587. The molecule has 0 aliphatic rings. The zero-order valence-corrected chi connectivity index (χ0v) is 4.97. The first kappa shape index (κ1) is 15.7. The molecule has 0 aromatic rings. The highest BCUT2D eigenvalue weighted by Crippen LogP contribution is 1.38. The Labute approximate surface area is 52.6 Å². The van der Waals surface area contributed by atoms with E-state index in [-0.39, 0.29) is 0 Å². The summed E-state index contributed by atoms with van der Waals surface area (Å²) in [5.74, 6) is 0. The Balaban J connectivity index is -0.0000000600. The second kappa shape index (κ2) is 98.8. The van der Waals surface area contributed by atoms with Gasteiger partial charge in [0.05, 0.1) is 0 Å². The Morgan fingerprint density at radius 3 is 1.11 bits per heavy atom. The zero-order valence-electron chi connectivity index (χ0n) is 4.97. The van der Waals surface area contributed by atoms with Crippen LogP contribution in [0.1, 0.15) is 6.92 Å². The highest BCUT2D eigenvalue weighted by Gasteiger charge is 1.15. The number of allylic oxidation sites excluding steroid dienone is 1. The van der Waals surface area contributed by atoms with Crippen LogP contribution in [-0.2, 0) is 0 Å². The molecule has 0 aromatic heterocycles. The standard InChI is InChI=1S/C3H6.2N3/c3*1-3-2/h3H,1H2,2H3;;/q;2*-1. The largest absolute Gasteiger partial charge is 0.373 e. The summed E-state index contributed by atoms with van der Waals surface area (Å²) >= 11 is 0. The Hall–Kier alpha value is -1.64. The van der Waals surface area contributed by atoms with Gasteiger partial charge in [-0.3, -0.25) is 9.82 Å². The fraction of sp³-hybridized carbons (Fsp3) is 0.333. The van der Waals surface area contributed by atoms with Crippen molar-refractivity contribution in [1.29, 1.82) is 0 Å². The maximum atomic E-state index is 6.75. The molecule has 0 aliphatic heterocycles. The third-order valence-corrected chi connectivity index (χ3v) is 0. The first-order chi connectivity index (χ1) is 4.24. The van der Waals surface area contributed by atoms with E-state index in [4.69, 9.17) is 22.1 Å². The van der Waals surface area contributed by atoms with Gasteiger partial charge in [-0.1, -0.05) is 6.08 Å². The molecule has 0 N–H and O–H groups in total. The summed E-state index contributed by atoms with van der Waals surface area (Å²) in [6, 6.07) is 0. The van der Waals surface area contributed by atoms with Gasteiger partial charge in [0.25, 0.3) is 0 Å². The molecule has 0 atom stereocenters. The molecular formula is C3H6N6-2. The van der Waals surface area contributed by atoms with Crippen LogP contribution >= 0.6 is 0 Å². The molecule has 0 amide bonds. The smallest absolute Gasteiger partial charge is 0.0473 e. The predicted molar refractivity (Wildman–Crippen MR) is 36.0 cm³/mol. The molecule has 0 heterocycles. The van der Waals surface area contributed by atoms with Crippen LogP contribution in [0.3, 0.4) is 0 Å². The normalized spacial score (nSPS) is 3.22. The van der Waals surface area contributed by atoms with Crippen LogP contribution in [0.5, 0.6) is 0 Å². The summed E-state index contributed by atoms with van der Waals surface area (Å²) in [4.78, 5) is 3.00. The van der Waals surface area contributed by atoms with Crippen molar-refractivity contribution in [2.24, 2.45) is 0 Å². The highest BCUT2D eigenvalue weighted by molar-refractivity contribution is 4.51. The third-order valence-electron chi connectivity index (χ3n) is 0. The Morgan fingerprint density at radius 2 is 1.11 bits per heavy atom. The predicted octanol–water partition coefficient (Wildman–Crippen LogP) is 2.92. The molecule has 50 valence electrons. The molecule has 0 aromatic carbocycles. The summed E-state index contributed by atoms with van der Waals surface area (Å²) in [6.07, 6.45) is 1.75. The van der Waals surface area contributed by atoms with Crippen molar-refractivity contribution in [3.63, 3.8) is 0 Å². The first-order valence-corrected chi connectivity index (χ1v) is 1.79. The topological polar surface area (TPSA) is 117 Å². The van der Waals surface area contributed by atoms with Gasteiger partial charge >= 0.3 is 0 Å². The van der Waals surface area contributed by atoms with Gasteiger partial charge in [-0.15, -0.1) is 6.58 Å². The van der Waals surface area contributed by atoms with Crippen LogP contribution < -0.4 is 0 Å². The molecule has 0 saturated carbocycles. The molecule has 0 spiro atoms. The summed E-state index contributed by atoms with van der Waals surface area (Å²) in [6.45, 7) is 5.25. The van der Waals surface area contributed by atoms with Crippen molar-refractivity contribution in [1.82, 2.24) is 0 Å². The van der Waals surface area contributed by atoms with Gasteiger partial charge in [0.1, 0.15) is 0 Å². The summed E-state index contributed by atoms with van der Waals surface area (Å²) in [5, 5.41) is 0. The molecule has 0 bridgehead atoms. The third kappa shape index (κ3) is 45.0. The maximum Gasteiger partial charge on any atom is -0.0473 e. The lowest BCUT2D eigenvalue weighted by atomic mass is 10.8. The molecule has 0 unspecified atom stereocenters. The van der Waals surface area contributed by atoms with Crippen molar-refractivity contribution in [2.45, 2.75) is 6.92 Å². The van der Waals surface area contributed by atoms with Gasteiger partial charge < -0.3 is 22.1 Å². The average Bonchev–Trinajstić information content (AvgIpc) is 1.70. The Morgan fingerprint density at radius 1 is 1.11 bits per heavy atom. The van der Waals surface area contributed by atoms with Crippen LogP contribution in [0.4, 0.5) is 0 Å². The van der Waals surface area contributed by atoms with Gasteiger partial charge in [-0.2, -0.15) is 0 Å². The van der Waals surface area contributed by atoms with Gasteiger partial charge in [0.2, 0.25) is 0 Å². The summed E-state index contributed by atoms with van der Waals surface area (Å²) in [7, 11) is 0. The monoisotopic (exact) mass is 126 g/mol. The SMILES string of the molecule is C=CC.[N-]=[N+]=[N-].[N-]=[N+]=[N-]. The van der Waals surface area contributed by atoms with Gasteiger partial charge in [-0.05, 0) is 6.92 Å². The van der Waals surface area contributed by atoms with Gasteiger partial charge in [0.15, 0.2) is 0 Å². The van der Waals surface area contributed by atoms with Gasteiger partial charge in [0, 0.05) is 0 Å². The van der Waals surface area contributed by atoms with E-state index in [0.29, 0.717) is 0 Å². The quantitative estimate of drug-likeness (QED) is 0.205.